The van der Waals surface area contributed by atoms with Crippen LogP contribution in [0.1, 0.15) is 5.56 Å². The second-order valence-corrected chi connectivity index (χ2v) is 8.45. The molecule has 9 nitrogen and oxygen atoms in total. The Hall–Kier alpha value is -2.82. The van der Waals surface area contributed by atoms with E-state index in [2.05, 4.69) is 10.5 Å². The summed E-state index contributed by atoms with van der Waals surface area (Å²) in [6.07, 6.45) is 1.37. The Morgan fingerprint density at radius 2 is 1.67 bits per heavy atom. The lowest BCUT2D eigenvalue weighted by atomic mass is 10.2. The van der Waals surface area contributed by atoms with Crippen LogP contribution in [0.5, 0.6) is 17.2 Å². The molecule has 2 aromatic rings. The van der Waals surface area contributed by atoms with Crippen LogP contribution in [0.2, 0.25) is 5.02 Å². The van der Waals surface area contributed by atoms with Crippen LogP contribution in [0.4, 0.5) is 0 Å². The Bertz CT molecular complexity index is 1000. The van der Waals surface area contributed by atoms with Gasteiger partial charge in [0.2, 0.25) is 15.8 Å². The molecule has 0 aliphatic rings. The summed E-state index contributed by atoms with van der Waals surface area (Å²) < 4.78 is 41.7. The van der Waals surface area contributed by atoms with E-state index < -0.39 is 22.5 Å². The first-order chi connectivity index (χ1) is 14.2. The van der Waals surface area contributed by atoms with Crippen LogP contribution in [0.15, 0.2) is 46.4 Å². The van der Waals surface area contributed by atoms with Crippen LogP contribution in [-0.4, -0.2) is 59.8 Å². The predicted octanol–water partition coefficient (Wildman–Crippen LogP) is 2.14. The number of methoxy groups -OCH3 is 3. The zero-order valence-electron chi connectivity index (χ0n) is 16.9. The van der Waals surface area contributed by atoms with Gasteiger partial charge in [-0.3, -0.25) is 4.79 Å². The SMILES string of the molecule is COc1cc(/C=N\NC(=O)CN(C)S(=O)(=O)c2ccc(Cl)cc2)cc(OC)c1OC. The van der Waals surface area contributed by atoms with E-state index in [0.717, 1.165) is 4.31 Å². The highest BCUT2D eigenvalue weighted by Crippen LogP contribution is 2.37. The van der Waals surface area contributed by atoms with Gasteiger partial charge in [-0.1, -0.05) is 11.6 Å². The number of hydrogen-bond donors (Lipinski definition) is 1. The summed E-state index contributed by atoms with van der Waals surface area (Å²) in [5.41, 5.74) is 2.86. The molecule has 162 valence electrons. The number of nitrogens with zero attached hydrogens (tertiary/aromatic N) is 2. The maximum Gasteiger partial charge on any atom is 0.255 e. The summed E-state index contributed by atoms with van der Waals surface area (Å²) in [4.78, 5) is 12.1. The molecule has 0 heterocycles. The average molecular weight is 456 g/mol. The molecule has 0 fully saturated rings. The maximum atomic E-state index is 12.5. The molecule has 11 heteroatoms. The number of halogens is 1. The summed E-state index contributed by atoms with van der Waals surface area (Å²) in [6.45, 7) is -0.419. The molecule has 0 aromatic heterocycles. The molecule has 0 atom stereocenters. The first kappa shape index (κ1) is 23.5. The van der Waals surface area contributed by atoms with Crippen molar-refractivity contribution in [3.63, 3.8) is 0 Å². The van der Waals surface area contributed by atoms with Gasteiger partial charge in [0.15, 0.2) is 11.5 Å². The Balaban J connectivity index is 2.05. The van der Waals surface area contributed by atoms with E-state index in [1.54, 1.807) is 12.1 Å². The molecule has 0 aliphatic carbocycles. The molecular weight excluding hydrogens is 434 g/mol. The lowest BCUT2D eigenvalue weighted by Gasteiger charge is -2.16. The molecule has 0 unspecified atom stereocenters. The molecule has 1 amide bonds. The Morgan fingerprint density at radius 3 is 2.17 bits per heavy atom. The fraction of sp³-hybridized carbons (Fsp3) is 0.263. The first-order valence-electron chi connectivity index (χ1n) is 8.56. The van der Waals surface area contributed by atoms with E-state index in [4.69, 9.17) is 25.8 Å². The van der Waals surface area contributed by atoms with Gasteiger partial charge in [0.25, 0.3) is 5.91 Å². The number of rotatable bonds is 9. The second kappa shape index (κ2) is 10.3. The monoisotopic (exact) mass is 455 g/mol. The maximum absolute atomic E-state index is 12.5. The van der Waals surface area contributed by atoms with Crippen molar-refractivity contribution in [2.24, 2.45) is 5.10 Å². The molecular formula is C19H22ClN3O6S. The third-order valence-corrected chi connectivity index (χ3v) is 6.05. The smallest absolute Gasteiger partial charge is 0.255 e. The van der Waals surface area contributed by atoms with Crippen LogP contribution >= 0.6 is 11.6 Å². The number of nitrogens with one attached hydrogen (secondary N) is 1. The number of amides is 1. The fourth-order valence-electron chi connectivity index (χ4n) is 2.46. The molecule has 2 aromatic carbocycles. The molecule has 0 spiro atoms. The van der Waals surface area contributed by atoms with Gasteiger partial charge in [0.05, 0.1) is 39.0 Å². The minimum Gasteiger partial charge on any atom is -0.493 e. The number of hydrazone groups is 1. The van der Waals surface area contributed by atoms with E-state index in [0.29, 0.717) is 27.8 Å². The normalized spacial score (nSPS) is 11.5. The van der Waals surface area contributed by atoms with Gasteiger partial charge >= 0.3 is 0 Å². The number of hydrogen-bond acceptors (Lipinski definition) is 7. The van der Waals surface area contributed by atoms with Crippen LogP contribution in [0.25, 0.3) is 0 Å². The van der Waals surface area contributed by atoms with Crippen molar-refractivity contribution in [1.29, 1.82) is 0 Å². The topological polar surface area (TPSA) is 107 Å². The van der Waals surface area contributed by atoms with Gasteiger partial charge in [-0.2, -0.15) is 9.41 Å². The Kier molecular flexibility index (Phi) is 8.04. The number of carbonyl (C=O) groups is 1. The summed E-state index contributed by atoms with van der Waals surface area (Å²) in [5, 5.41) is 4.26. The van der Waals surface area contributed by atoms with Crippen LogP contribution in [0, 0.1) is 0 Å². The molecule has 0 radical (unpaired) electrons. The van der Waals surface area contributed by atoms with Gasteiger partial charge in [-0.15, -0.1) is 0 Å². The van der Waals surface area contributed by atoms with E-state index >= 15 is 0 Å². The van der Waals surface area contributed by atoms with Crippen molar-refractivity contribution in [1.82, 2.24) is 9.73 Å². The van der Waals surface area contributed by atoms with Gasteiger partial charge < -0.3 is 14.2 Å². The largest absolute Gasteiger partial charge is 0.493 e. The predicted molar refractivity (Wildman–Crippen MR) is 113 cm³/mol. The van der Waals surface area contributed by atoms with Crippen molar-refractivity contribution in [3.05, 3.63) is 47.0 Å². The molecule has 0 saturated carbocycles. The van der Waals surface area contributed by atoms with Crippen molar-refractivity contribution < 1.29 is 27.4 Å². The van der Waals surface area contributed by atoms with Gasteiger partial charge in [0.1, 0.15) is 0 Å². The molecule has 30 heavy (non-hydrogen) atoms. The fourth-order valence-corrected chi connectivity index (χ4v) is 3.72. The number of ether oxygens (including phenoxy) is 3. The standard InChI is InChI=1S/C19H22ClN3O6S/c1-23(30(25,26)15-7-5-14(20)6-8-15)12-18(24)22-21-11-13-9-16(27-2)19(29-4)17(10-13)28-3/h5-11H,12H2,1-4H3,(H,22,24)/b21-11-. The van der Waals surface area contributed by atoms with Crippen LogP contribution in [0.3, 0.4) is 0 Å². The third-order valence-electron chi connectivity index (χ3n) is 3.98. The summed E-state index contributed by atoms with van der Waals surface area (Å²) in [7, 11) is 1.91. The van der Waals surface area contributed by atoms with Crippen molar-refractivity contribution >= 4 is 33.7 Å². The van der Waals surface area contributed by atoms with Gasteiger partial charge in [-0.25, -0.2) is 13.8 Å². The molecule has 0 bridgehead atoms. The molecule has 0 saturated heterocycles. The zero-order chi connectivity index (χ0) is 22.3. The number of carbonyl (C=O) groups excluding carboxylic acids is 1. The van der Waals surface area contributed by atoms with E-state index in [9.17, 15) is 13.2 Å². The number of sulfonamides is 1. The van der Waals surface area contributed by atoms with Gasteiger partial charge in [-0.05, 0) is 36.4 Å². The van der Waals surface area contributed by atoms with Crippen molar-refractivity contribution in [3.8, 4) is 17.2 Å². The highest BCUT2D eigenvalue weighted by atomic mass is 35.5. The summed E-state index contributed by atoms with van der Waals surface area (Å²) in [6, 6.07) is 8.96. The summed E-state index contributed by atoms with van der Waals surface area (Å²) in [5.74, 6) is 0.672. The second-order valence-electron chi connectivity index (χ2n) is 5.97. The number of benzene rings is 2. The van der Waals surface area contributed by atoms with Crippen LogP contribution < -0.4 is 19.6 Å². The molecule has 1 N–H and O–H groups in total. The Labute approximate surface area is 180 Å². The molecule has 0 aliphatic heterocycles. The highest BCUT2D eigenvalue weighted by molar-refractivity contribution is 7.89. The van der Waals surface area contributed by atoms with Crippen molar-refractivity contribution in [2.75, 3.05) is 34.9 Å². The third kappa shape index (κ3) is 5.62. The van der Waals surface area contributed by atoms with Crippen LogP contribution in [-0.2, 0) is 14.8 Å². The van der Waals surface area contributed by atoms with E-state index in [1.807, 2.05) is 0 Å². The molecule has 2 rings (SSSR count). The minimum absolute atomic E-state index is 0.0307. The number of likely N-dealkylation sites (N-methyl/N-ethyl adjacent to an activating group) is 1. The first-order valence-corrected chi connectivity index (χ1v) is 10.4. The lowest BCUT2D eigenvalue weighted by molar-refractivity contribution is -0.121. The van der Waals surface area contributed by atoms with E-state index in [-0.39, 0.29) is 4.90 Å². The lowest BCUT2D eigenvalue weighted by Crippen LogP contribution is -2.36. The van der Waals surface area contributed by atoms with Gasteiger partial charge in [0, 0.05) is 17.6 Å². The average Bonchev–Trinajstić information content (AvgIpc) is 2.73. The minimum atomic E-state index is -3.84. The van der Waals surface area contributed by atoms with E-state index in [1.165, 1.54) is 58.9 Å². The highest BCUT2D eigenvalue weighted by Gasteiger charge is 2.22. The Morgan fingerprint density at radius 1 is 1.10 bits per heavy atom. The summed E-state index contributed by atoms with van der Waals surface area (Å²) >= 11 is 5.78. The van der Waals surface area contributed by atoms with Crippen molar-refractivity contribution in [2.45, 2.75) is 4.90 Å². The quantitative estimate of drug-likeness (QED) is 0.458. The zero-order valence-corrected chi connectivity index (χ0v) is 18.5.